The lowest BCUT2D eigenvalue weighted by Crippen LogP contribution is -2.44. The number of benzene rings is 1. The maximum Gasteiger partial charge on any atom is 0.303 e. The van der Waals surface area contributed by atoms with Gasteiger partial charge in [0.05, 0.1) is 5.69 Å². The second-order valence-corrected chi connectivity index (χ2v) is 6.13. The standard InChI is InChI=1S/C17H20N2O5/c20-15-10-24-14-9-11(4-6-13(14)18-15)17(23)19-8-2-1-3-12(19)5-7-16(21)22/h4,6,9,12H,1-3,5,7-8,10H2,(H,18,20)(H,21,22). The molecule has 0 aromatic heterocycles. The van der Waals surface area contributed by atoms with Crippen molar-refractivity contribution < 1.29 is 24.2 Å². The molecular weight excluding hydrogens is 312 g/mol. The third kappa shape index (κ3) is 3.50. The normalized spacial score (nSPS) is 19.9. The van der Waals surface area contributed by atoms with Gasteiger partial charge in [0.1, 0.15) is 5.75 Å². The summed E-state index contributed by atoms with van der Waals surface area (Å²) in [5.41, 5.74) is 1.05. The average Bonchev–Trinajstić information content (AvgIpc) is 2.59. The number of piperidine rings is 1. The first kappa shape index (κ1) is 16.3. The lowest BCUT2D eigenvalue weighted by Gasteiger charge is -2.36. The lowest BCUT2D eigenvalue weighted by molar-refractivity contribution is -0.137. The van der Waals surface area contributed by atoms with Crippen LogP contribution in [0.1, 0.15) is 42.5 Å². The Morgan fingerprint density at radius 2 is 2.17 bits per heavy atom. The van der Waals surface area contributed by atoms with E-state index in [-0.39, 0.29) is 30.9 Å². The molecule has 0 saturated carbocycles. The molecule has 1 unspecified atom stereocenters. The highest BCUT2D eigenvalue weighted by Crippen LogP contribution is 2.30. The van der Waals surface area contributed by atoms with Gasteiger partial charge in [0, 0.05) is 24.6 Å². The van der Waals surface area contributed by atoms with Gasteiger partial charge in [-0.2, -0.15) is 0 Å². The molecule has 0 bridgehead atoms. The second-order valence-electron chi connectivity index (χ2n) is 6.13. The van der Waals surface area contributed by atoms with Crippen LogP contribution in [-0.4, -0.2) is 47.0 Å². The minimum absolute atomic E-state index is 0.0426. The molecule has 7 nitrogen and oxygen atoms in total. The lowest BCUT2D eigenvalue weighted by atomic mass is 9.96. The number of carboxylic acid groups (broad SMARTS) is 1. The molecule has 24 heavy (non-hydrogen) atoms. The predicted octanol–water partition coefficient (Wildman–Crippen LogP) is 1.88. The van der Waals surface area contributed by atoms with E-state index >= 15 is 0 Å². The van der Waals surface area contributed by atoms with E-state index in [1.165, 1.54) is 0 Å². The number of nitrogens with one attached hydrogen (secondary N) is 1. The van der Waals surface area contributed by atoms with E-state index in [2.05, 4.69) is 5.32 Å². The molecule has 1 saturated heterocycles. The minimum Gasteiger partial charge on any atom is -0.482 e. The van der Waals surface area contributed by atoms with Gasteiger partial charge in [-0.1, -0.05) is 0 Å². The number of ether oxygens (including phenoxy) is 1. The van der Waals surface area contributed by atoms with Crippen molar-refractivity contribution in [2.24, 2.45) is 0 Å². The maximum absolute atomic E-state index is 12.8. The van der Waals surface area contributed by atoms with Gasteiger partial charge in [0.15, 0.2) is 6.61 Å². The van der Waals surface area contributed by atoms with Crippen molar-refractivity contribution in [2.75, 3.05) is 18.5 Å². The van der Waals surface area contributed by atoms with Crippen LogP contribution in [-0.2, 0) is 9.59 Å². The number of nitrogens with zero attached hydrogens (tertiary/aromatic N) is 1. The van der Waals surface area contributed by atoms with Crippen LogP contribution < -0.4 is 10.1 Å². The topological polar surface area (TPSA) is 95.9 Å². The molecule has 7 heteroatoms. The molecule has 2 aliphatic heterocycles. The molecule has 0 spiro atoms. The number of carboxylic acids is 1. The van der Waals surface area contributed by atoms with Crippen molar-refractivity contribution in [3.05, 3.63) is 23.8 Å². The number of aliphatic carboxylic acids is 1. The summed E-state index contributed by atoms with van der Waals surface area (Å²) >= 11 is 0. The summed E-state index contributed by atoms with van der Waals surface area (Å²) in [7, 11) is 0. The number of carbonyl (C=O) groups is 3. The van der Waals surface area contributed by atoms with Gasteiger partial charge in [-0.3, -0.25) is 14.4 Å². The first-order valence-corrected chi connectivity index (χ1v) is 8.14. The minimum atomic E-state index is -0.842. The first-order chi connectivity index (χ1) is 11.5. The van der Waals surface area contributed by atoms with Crippen LogP contribution in [0.2, 0.25) is 0 Å². The highest BCUT2D eigenvalue weighted by molar-refractivity contribution is 5.99. The molecule has 2 amide bonds. The smallest absolute Gasteiger partial charge is 0.303 e. The highest BCUT2D eigenvalue weighted by Gasteiger charge is 2.28. The number of rotatable bonds is 4. The molecule has 2 heterocycles. The van der Waals surface area contributed by atoms with Gasteiger partial charge >= 0.3 is 5.97 Å². The number of amides is 2. The number of anilines is 1. The Bertz CT molecular complexity index is 673. The molecule has 128 valence electrons. The van der Waals surface area contributed by atoms with E-state index in [1.807, 2.05) is 0 Å². The summed E-state index contributed by atoms with van der Waals surface area (Å²) < 4.78 is 5.36. The van der Waals surface area contributed by atoms with Crippen LogP contribution >= 0.6 is 0 Å². The second kappa shape index (κ2) is 6.90. The van der Waals surface area contributed by atoms with Crippen molar-refractivity contribution in [2.45, 2.75) is 38.1 Å². The molecule has 2 N–H and O–H groups in total. The van der Waals surface area contributed by atoms with E-state index in [0.29, 0.717) is 30.0 Å². The van der Waals surface area contributed by atoms with Gasteiger partial charge in [-0.25, -0.2) is 0 Å². The summed E-state index contributed by atoms with van der Waals surface area (Å²) in [5, 5.41) is 11.6. The zero-order chi connectivity index (χ0) is 17.1. The number of carbonyl (C=O) groups excluding carboxylic acids is 2. The molecule has 1 atom stereocenters. The van der Waals surface area contributed by atoms with Crippen molar-refractivity contribution in [3.8, 4) is 5.75 Å². The molecule has 3 rings (SSSR count). The van der Waals surface area contributed by atoms with Crippen LogP contribution in [0, 0.1) is 0 Å². The summed E-state index contributed by atoms with van der Waals surface area (Å²) in [4.78, 5) is 36.7. The zero-order valence-corrected chi connectivity index (χ0v) is 13.3. The van der Waals surface area contributed by atoms with Crippen molar-refractivity contribution in [1.82, 2.24) is 4.90 Å². The number of hydrogen-bond donors (Lipinski definition) is 2. The third-order valence-electron chi connectivity index (χ3n) is 4.44. The van der Waals surface area contributed by atoms with E-state index < -0.39 is 5.97 Å². The monoisotopic (exact) mass is 332 g/mol. The summed E-state index contributed by atoms with van der Waals surface area (Å²) in [6, 6.07) is 4.92. The molecule has 0 aliphatic carbocycles. The number of hydrogen-bond acceptors (Lipinski definition) is 4. The van der Waals surface area contributed by atoms with Crippen LogP contribution in [0.3, 0.4) is 0 Å². The average molecular weight is 332 g/mol. The quantitative estimate of drug-likeness (QED) is 0.877. The maximum atomic E-state index is 12.8. The molecule has 2 aliphatic rings. The van der Waals surface area contributed by atoms with Crippen LogP contribution in [0.5, 0.6) is 5.75 Å². The van der Waals surface area contributed by atoms with Crippen molar-refractivity contribution in [3.63, 3.8) is 0 Å². The SMILES string of the molecule is O=C(O)CCC1CCCCN1C(=O)c1ccc2c(c1)OCC(=O)N2. The van der Waals surface area contributed by atoms with Crippen molar-refractivity contribution >= 4 is 23.5 Å². The van der Waals surface area contributed by atoms with E-state index in [1.54, 1.807) is 23.1 Å². The van der Waals surface area contributed by atoms with Crippen molar-refractivity contribution in [1.29, 1.82) is 0 Å². The Morgan fingerprint density at radius 1 is 1.33 bits per heavy atom. The molecule has 1 aromatic rings. The Balaban J connectivity index is 1.76. The van der Waals surface area contributed by atoms with Crippen LogP contribution in [0.15, 0.2) is 18.2 Å². The van der Waals surface area contributed by atoms with Gasteiger partial charge < -0.3 is 20.1 Å². The van der Waals surface area contributed by atoms with Gasteiger partial charge in [0.25, 0.3) is 11.8 Å². The largest absolute Gasteiger partial charge is 0.482 e. The summed E-state index contributed by atoms with van der Waals surface area (Å²) in [5.74, 6) is -0.690. The first-order valence-electron chi connectivity index (χ1n) is 8.14. The fourth-order valence-electron chi connectivity index (χ4n) is 3.23. The Hall–Kier alpha value is -2.57. The number of likely N-dealkylation sites (tertiary alicyclic amines) is 1. The third-order valence-corrected chi connectivity index (χ3v) is 4.44. The number of fused-ring (bicyclic) bond motifs is 1. The Labute approximate surface area is 139 Å². The van der Waals surface area contributed by atoms with Gasteiger partial charge in [0.2, 0.25) is 0 Å². The van der Waals surface area contributed by atoms with E-state index in [0.717, 1.165) is 19.3 Å². The van der Waals surface area contributed by atoms with E-state index in [4.69, 9.17) is 9.84 Å². The highest BCUT2D eigenvalue weighted by atomic mass is 16.5. The molecule has 0 radical (unpaired) electrons. The summed E-state index contributed by atoms with van der Waals surface area (Å²) in [6.45, 7) is 0.577. The summed E-state index contributed by atoms with van der Waals surface area (Å²) in [6.07, 6.45) is 3.29. The van der Waals surface area contributed by atoms with Gasteiger partial charge in [-0.15, -0.1) is 0 Å². The Morgan fingerprint density at radius 3 is 2.96 bits per heavy atom. The fraction of sp³-hybridized carbons (Fsp3) is 0.471. The molecule has 1 fully saturated rings. The predicted molar refractivity (Wildman–Crippen MR) is 86.1 cm³/mol. The fourth-order valence-corrected chi connectivity index (χ4v) is 3.23. The van der Waals surface area contributed by atoms with Gasteiger partial charge in [-0.05, 0) is 43.9 Å². The van der Waals surface area contributed by atoms with Crippen LogP contribution in [0.4, 0.5) is 5.69 Å². The zero-order valence-electron chi connectivity index (χ0n) is 13.3. The Kier molecular flexibility index (Phi) is 4.69. The molecular formula is C17H20N2O5. The van der Waals surface area contributed by atoms with Crippen LogP contribution in [0.25, 0.3) is 0 Å². The molecule has 1 aromatic carbocycles. The van der Waals surface area contributed by atoms with E-state index in [9.17, 15) is 14.4 Å².